The van der Waals surface area contributed by atoms with Crippen molar-refractivity contribution in [1.29, 1.82) is 5.26 Å². The van der Waals surface area contributed by atoms with Crippen LogP contribution in [0.5, 0.6) is 17.2 Å². The molecule has 0 amide bonds. The summed E-state index contributed by atoms with van der Waals surface area (Å²) in [6.45, 7) is 2.74. The summed E-state index contributed by atoms with van der Waals surface area (Å²) in [5.74, 6) is -3.27. The van der Waals surface area contributed by atoms with Gasteiger partial charge in [0.2, 0.25) is 5.78 Å². The Morgan fingerprint density at radius 3 is 2.56 bits per heavy atom. The summed E-state index contributed by atoms with van der Waals surface area (Å²) in [6, 6.07) is 5.77. The highest BCUT2D eigenvalue weighted by atomic mass is 16.7. The van der Waals surface area contributed by atoms with E-state index in [9.17, 15) is 34.8 Å². The van der Waals surface area contributed by atoms with Gasteiger partial charge in [0.05, 0.1) is 54.7 Å². The Hall–Kier alpha value is -3.86. The van der Waals surface area contributed by atoms with E-state index in [0.717, 1.165) is 0 Å². The lowest BCUT2D eigenvalue weighted by Crippen LogP contribution is -2.54. The number of hydrogen-bond acceptors (Lipinski definition) is 12. The van der Waals surface area contributed by atoms with Crippen LogP contribution >= 0.6 is 0 Å². The van der Waals surface area contributed by atoms with Gasteiger partial charge in [0.25, 0.3) is 0 Å². The molecule has 2 aromatic carbocycles. The molecule has 1 fully saturated rings. The van der Waals surface area contributed by atoms with Crippen LogP contribution in [-0.2, 0) is 20.7 Å². The molecule has 1 saturated heterocycles. The molecule has 12 heteroatoms. The van der Waals surface area contributed by atoms with Gasteiger partial charge in [-0.2, -0.15) is 5.26 Å². The number of aliphatic hydroxyl groups excluding tert-OH is 1. The summed E-state index contributed by atoms with van der Waals surface area (Å²) in [5, 5.41) is 56.6. The number of aliphatic hydroxyl groups is 2. The van der Waals surface area contributed by atoms with E-state index in [0.29, 0.717) is 0 Å². The summed E-state index contributed by atoms with van der Waals surface area (Å²) >= 11 is 0. The second kappa shape index (κ2) is 10.5. The molecule has 12 nitrogen and oxygen atoms in total. The lowest BCUT2D eigenvalue weighted by Gasteiger charge is -2.42. The minimum Gasteiger partial charge on any atom is -0.507 e. The Bertz CT molecular complexity index is 1500. The Morgan fingerprint density at radius 1 is 1.20 bits per heavy atom. The molecule has 1 aliphatic heterocycles. The van der Waals surface area contributed by atoms with E-state index in [1.165, 1.54) is 32.2 Å². The second-order valence-corrected chi connectivity index (χ2v) is 10.6. The fourth-order valence-electron chi connectivity index (χ4n) is 6.00. The number of carbonyl (C=O) groups is 3. The third kappa shape index (κ3) is 4.56. The third-order valence-electron chi connectivity index (χ3n) is 8.20. The predicted molar refractivity (Wildman–Crippen MR) is 140 cm³/mol. The molecule has 4 unspecified atom stereocenters. The largest absolute Gasteiger partial charge is 0.507 e. The number of rotatable bonds is 6. The number of Topliss-reactive ketones (excluding diaryl/α,β-unsaturated/α-hetero) is 1. The zero-order valence-electron chi connectivity index (χ0n) is 22.6. The standard InChI is InChI=1S/C29H30N2O10/c1-12-24(33)16(31-8-7-30)9-19(40-12)41-18-11-29(38,13(2)32)10-15-21(18)28(37)23-22(26(15)35)25(34)14-5-4-6-17(39-3)20(14)27(23)36/h4-6,12,16,18-19,24,31,33,35,37-38H,8-11H2,1-3H3/t12?,16?,18-,19?,24?,29-/m0/s1. The highest BCUT2D eigenvalue weighted by Gasteiger charge is 2.49. The van der Waals surface area contributed by atoms with Gasteiger partial charge in [-0.25, -0.2) is 0 Å². The van der Waals surface area contributed by atoms with Crippen LogP contribution in [0, 0.1) is 11.3 Å². The van der Waals surface area contributed by atoms with Crippen molar-refractivity contribution in [3.63, 3.8) is 0 Å². The number of nitriles is 1. The molecule has 6 atom stereocenters. The maximum atomic E-state index is 13.7. The van der Waals surface area contributed by atoms with E-state index in [-0.39, 0.29) is 47.4 Å². The van der Waals surface area contributed by atoms with Crippen molar-refractivity contribution in [2.45, 2.75) is 69.4 Å². The summed E-state index contributed by atoms with van der Waals surface area (Å²) in [4.78, 5) is 39.8. The van der Waals surface area contributed by atoms with Crippen molar-refractivity contribution < 1.29 is 49.0 Å². The van der Waals surface area contributed by atoms with E-state index in [1.54, 1.807) is 6.92 Å². The number of phenols is 2. The number of benzene rings is 2. The Kier molecular flexibility index (Phi) is 7.35. The Balaban J connectivity index is 1.63. The lowest BCUT2D eigenvalue weighted by molar-refractivity contribution is -0.249. The highest BCUT2D eigenvalue weighted by molar-refractivity contribution is 6.31. The summed E-state index contributed by atoms with van der Waals surface area (Å²) in [7, 11) is 1.33. The minimum absolute atomic E-state index is 0.0269. The molecule has 2 aromatic rings. The molecular formula is C29H30N2O10. The molecule has 5 rings (SSSR count). The molecule has 1 heterocycles. The third-order valence-corrected chi connectivity index (χ3v) is 8.20. The fourth-order valence-corrected chi connectivity index (χ4v) is 6.00. The van der Waals surface area contributed by atoms with E-state index in [1.807, 2.05) is 6.07 Å². The number of carbonyl (C=O) groups excluding carboxylic acids is 3. The molecular weight excluding hydrogens is 536 g/mol. The highest BCUT2D eigenvalue weighted by Crippen LogP contribution is 2.52. The van der Waals surface area contributed by atoms with Gasteiger partial charge in [0.15, 0.2) is 17.9 Å². The molecule has 5 N–H and O–H groups in total. The Morgan fingerprint density at radius 2 is 1.90 bits per heavy atom. The number of nitrogens with zero attached hydrogens (tertiary/aromatic N) is 1. The van der Waals surface area contributed by atoms with Gasteiger partial charge in [0.1, 0.15) is 22.8 Å². The quantitative estimate of drug-likeness (QED) is 0.211. The van der Waals surface area contributed by atoms with Crippen molar-refractivity contribution in [1.82, 2.24) is 5.32 Å². The maximum absolute atomic E-state index is 13.7. The number of ether oxygens (including phenoxy) is 3. The average Bonchev–Trinajstić information content (AvgIpc) is 2.93. The van der Waals surface area contributed by atoms with Gasteiger partial charge < -0.3 is 34.6 Å². The van der Waals surface area contributed by atoms with Gasteiger partial charge in [0, 0.05) is 42.0 Å². The zero-order valence-corrected chi connectivity index (χ0v) is 22.6. The number of phenolic OH excluding ortho intramolecular Hbond substituents is 2. The van der Waals surface area contributed by atoms with Crippen molar-refractivity contribution in [2.75, 3.05) is 13.7 Å². The first kappa shape index (κ1) is 28.7. The molecule has 0 spiro atoms. The van der Waals surface area contributed by atoms with Crippen LogP contribution in [0.4, 0.5) is 0 Å². The fraction of sp³-hybridized carbons (Fsp3) is 0.448. The molecule has 41 heavy (non-hydrogen) atoms. The summed E-state index contributed by atoms with van der Waals surface area (Å²) < 4.78 is 17.3. The van der Waals surface area contributed by atoms with E-state index in [2.05, 4.69) is 5.32 Å². The van der Waals surface area contributed by atoms with Crippen molar-refractivity contribution in [2.24, 2.45) is 0 Å². The van der Waals surface area contributed by atoms with Crippen LogP contribution in [0.25, 0.3) is 0 Å². The minimum atomic E-state index is -2.03. The van der Waals surface area contributed by atoms with Crippen molar-refractivity contribution >= 4 is 17.3 Å². The number of fused-ring (bicyclic) bond motifs is 3. The van der Waals surface area contributed by atoms with E-state index >= 15 is 0 Å². The molecule has 3 aliphatic rings. The Labute approximate surface area is 235 Å². The van der Waals surface area contributed by atoms with Crippen molar-refractivity contribution in [3.8, 4) is 23.3 Å². The SMILES string of the molecule is COc1cccc2c1C(=O)c1c(O)c3c(c(O)c1C2=O)C[C@@](O)(C(C)=O)C[C@@H]3OC1CC(NCC#N)C(O)C(C)O1. The molecule has 2 aliphatic carbocycles. The number of methoxy groups -OCH3 is 1. The van der Waals surface area contributed by atoms with Crippen LogP contribution in [0.3, 0.4) is 0 Å². The van der Waals surface area contributed by atoms with Crippen LogP contribution in [0.2, 0.25) is 0 Å². The molecule has 0 aromatic heterocycles. The number of ketones is 3. The second-order valence-electron chi connectivity index (χ2n) is 10.6. The lowest BCUT2D eigenvalue weighted by atomic mass is 9.72. The van der Waals surface area contributed by atoms with Gasteiger partial charge >= 0.3 is 0 Å². The molecule has 0 saturated carbocycles. The number of aromatic hydroxyl groups is 2. The predicted octanol–water partition coefficient (Wildman–Crippen LogP) is 1.18. The normalized spacial score (nSPS) is 28.7. The van der Waals surface area contributed by atoms with Gasteiger partial charge in [-0.15, -0.1) is 0 Å². The number of nitrogens with one attached hydrogen (secondary N) is 1. The monoisotopic (exact) mass is 566 g/mol. The average molecular weight is 567 g/mol. The zero-order chi connectivity index (χ0) is 29.8. The first-order valence-electron chi connectivity index (χ1n) is 13.1. The van der Waals surface area contributed by atoms with E-state index in [4.69, 9.17) is 19.5 Å². The summed E-state index contributed by atoms with van der Waals surface area (Å²) in [5.41, 5.74) is -3.17. The summed E-state index contributed by atoms with van der Waals surface area (Å²) in [6.07, 6.45) is -4.72. The van der Waals surface area contributed by atoms with Crippen LogP contribution in [-0.4, -0.2) is 81.6 Å². The smallest absolute Gasteiger partial charge is 0.202 e. The van der Waals surface area contributed by atoms with E-state index < -0.39 is 82.6 Å². The maximum Gasteiger partial charge on any atom is 0.202 e. The topological polar surface area (TPSA) is 196 Å². The molecule has 0 radical (unpaired) electrons. The van der Waals surface area contributed by atoms with Crippen LogP contribution in [0.15, 0.2) is 18.2 Å². The molecule has 0 bridgehead atoms. The van der Waals surface area contributed by atoms with Crippen LogP contribution in [0.1, 0.15) is 75.8 Å². The molecule has 216 valence electrons. The van der Waals surface area contributed by atoms with Crippen molar-refractivity contribution in [3.05, 3.63) is 51.6 Å². The van der Waals surface area contributed by atoms with Gasteiger partial charge in [-0.1, -0.05) is 12.1 Å². The first-order chi connectivity index (χ1) is 19.4. The number of hydrogen-bond donors (Lipinski definition) is 5. The van der Waals surface area contributed by atoms with Gasteiger partial charge in [-0.05, 0) is 19.9 Å². The first-order valence-corrected chi connectivity index (χ1v) is 13.1. The van der Waals surface area contributed by atoms with Crippen LogP contribution < -0.4 is 10.1 Å². The van der Waals surface area contributed by atoms with Gasteiger partial charge in [-0.3, -0.25) is 19.7 Å².